The first-order valence-corrected chi connectivity index (χ1v) is 9.42. The summed E-state index contributed by atoms with van der Waals surface area (Å²) in [6, 6.07) is 5.49. The van der Waals surface area contributed by atoms with E-state index >= 15 is 0 Å². The van der Waals surface area contributed by atoms with Gasteiger partial charge in [-0.1, -0.05) is 24.4 Å². The van der Waals surface area contributed by atoms with E-state index in [1.807, 2.05) is 19.1 Å². The molecule has 126 valence electrons. The van der Waals surface area contributed by atoms with Gasteiger partial charge in [0.25, 0.3) is 11.8 Å². The summed E-state index contributed by atoms with van der Waals surface area (Å²) in [7, 11) is 0. The van der Waals surface area contributed by atoms with Crippen molar-refractivity contribution >= 4 is 46.1 Å². The molecular weight excluding hydrogens is 346 g/mol. The minimum Gasteiger partial charge on any atom is -0.350 e. The zero-order valence-electron chi connectivity index (χ0n) is 13.3. The maximum atomic E-state index is 12.8. The number of aromatic nitrogens is 1. The van der Waals surface area contributed by atoms with Crippen molar-refractivity contribution in [2.24, 2.45) is 0 Å². The molecule has 2 fully saturated rings. The van der Waals surface area contributed by atoms with Crippen molar-refractivity contribution in [2.75, 3.05) is 5.75 Å². The van der Waals surface area contributed by atoms with Gasteiger partial charge in [0.1, 0.15) is 10.6 Å². The molecule has 2 N–H and O–H groups in total. The number of halogens is 1. The van der Waals surface area contributed by atoms with Crippen LogP contribution in [0.4, 0.5) is 0 Å². The lowest BCUT2D eigenvalue weighted by Crippen LogP contribution is -2.53. The predicted octanol–water partition coefficient (Wildman–Crippen LogP) is 3.62. The van der Waals surface area contributed by atoms with Gasteiger partial charge in [-0.15, -0.1) is 11.8 Å². The summed E-state index contributed by atoms with van der Waals surface area (Å²) in [6.45, 7) is 1.88. The lowest BCUT2D eigenvalue weighted by atomic mass is 10.1. The van der Waals surface area contributed by atoms with E-state index in [9.17, 15) is 9.59 Å². The summed E-state index contributed by atoms with van der Waals surface area (Å²) in [5, 5.41) is 3.13. The standard InChI is InChI=1S/C17H18ClN3O2S/c1-10-12-8-11(18)4-5-13(12)19-15(10)16(23)20-21-14(22)9-24-17(21)6-2-3-7-17/h4-5,8,19H,2-3,6-7,9H2,1H3,(H,20,23). The molecule has 0 atom stereocenters. The number of carbonyl (C=O) groups excluding carboxylic acids is 2. The average Bonchev–Trinajstić information content (AvgIpc) is 3.24. The van der Waals surface area contributed by atoms with Crippen LogP contribution in [0.1, 0.15) is 41.7 Å². The number of hydrazine groups is 1. The SMILES string of the molecule is Cc1c(C(=O)NN2C(=O)CSC23CCCC3)[nH]c2ccc(Cl)cc12. The van der Waals surface area contributed by atoms with Crippen molar-refractivity contribution in [1.29, 1.82) is 0 Å². The van der Waals surface area contributed by atoms with Crippen LogP contribution in [0.25, 0.3) is 10.9 Å². The Kier molecular flexibility index (Phi) is 3.77. The number of carbonyl (C=O) groups is 2. The number of aromatic amines is 1. The zero-order valence-corrected chi connectivity index (χ0v) is 14.9. The number of thioether (sulfide) groups is 1. The summed E-state index contributed by atoms with van der Waals surface area (Å²) in [4.78, 5) is 27.9. The number of rotatable bonds is 2. The van der Waals surface area contributed by atoms with E-state index in [-0.39, 0.29) is 16.7 Å². The van der Waals surface area contributed by atoms with Gasteiger partial charge in [0, 0.05) is 15.9 Å². The van der Waals surface area contributed by atoms with Crippen molar-refractivity contribution < 1.29 is 9.59 Å². The molecule has 0 unspecified atom stereocenters. The molecule has 4 rings (SSSR count). The van der Waals surface area contributed by atoms with Crippen LogP contribution in [0.5, 0.6) is 0 Å². The lowest BCUT2D eigenvalue weighted by Gasteiger charge is -2.33. The number of amides is 2. The maximum absolute atomic E-state index is 12.8. The molecule has 1 saturated heterocycles. The van der Waals surface area contributed by atoms with E-state index in [4.69, 9.17) is 11.6 Å². The number of fused-ring (bicyclic) bond motifs is 1. The maximum Gasteiger partial charge on any atom is 0.286 e. The molecule has 7 heteroatoms. The van der Waals surface area contributed by atoms with Crippen LogP contribution in [0.2, 0.25) is 5.02 Å². The third kappa shape index (κ3) is 2.40. The summed E-state index contributed by atoms with van der Waals surface area (Å²) < 4.78 is 0. The summed E-state index contributed by atoms with van der Waals surface area (Å²) in [5.41, 5.74) is 5.03. The molecule has 2 aromatic rings. The Labute approximate surface area is 149 Å². The van der Waals surface area contributed by atoms with Gasteiger partial charge in [-0.05, 0) is 43.5 Å². The van der Waals surface area contributed by atoms with Crippen molar-refractivity contribution in [2.45, 2.75) is 37.5 Å². The second-order valence-electron chi connectivity index (χ2n) is 6.43. The fourth-order valence-electron chi connectivity index (χ4n) is 3.70. The number of nitrogens with one attached hydrogen (secondary N) is 2. The van der Waals surface area contributed by atoms with Crippen LogP contribution in [-0.4, -0.2) is 32.4 Å². The van der Waals surface area contributed by atoms with Crippen LogP contribution >= 0.6 is 23.4 Å². The first-order valence-electron chi connectivity index (χ1n) is 8.06. The van der Waals surface area contributed by atoms with Gasteiger partial charge < -0.3 is 4.98 Å². The number of H-pyrrole nitrogens is 1. The highest BCUT2D eigenvalue weighted by Gasteiger charge is 2.49. The largest absolute Gasteiger partial charge is 0.350 e. The Morgan fingerprint density at radius 3 is 2.88 bits per heavy atom. The Bertz CT molecular complexity index is 842. The zero-order chi connectivity index (χ0) is 16.9. The van der Waals surface area contributed by atoms with Crippen molar-refractivity contribution in [1.82, 2.24) is 15.4 Å². The third-order valence-corrected chi connectivity index (χ3v) is 6.72. The third-order valence-electron chi connectivity index (χ3n) is 4.97. The molecule has 5 nitrogen and oxygen atoms in total. The van der Waals surface area contributed by atoms with Crippen molar-refractivity contribution in [3.8, 4) is 0 Å². The van der Waals surface area contributed by atoms with Gasteiger partial charge in [-0.3, -0.25) is 15.0 Å². The second-order valence-corrected chi connectivity index (χ2v) is 8.20. The Morgan fingerprint density at radius 1 is 1.38 bits per heavy atom. The molecule has 2 amide bonds. The van der Waals surface area contributed by atoms with Gasteiger partial charge in [0.05, 0.1) is 5.75 Å². The average molecular weight is 364 g/mol. The number of benzene rings is 1. The summed E-state index contributed by atoms with van der Waals surface area (Å²) in [5.74, 6) is 0.135. The van der Waals surface area contributed by atoms with Crippen LogP contribution in [-0.2, 0) is 4.79 Å². The highest BCUT2D eigenvalue weighted by molar-refractivity contribution is 8.01. The molecule has 2 heterocycles. The fraction of sp³-hybridized carbons (Fsp3) is 0.412. The molecule has 1 aromatic heterocycles. The van der Waals surface area contributed by atoms with Crippen LogP contribution in [0.15, 0.2) is 18.2 Å². The van der Waals surface area contributed by atoms with Gasteiger partial charge in [0.2, 0.25) is 0 Å². The quantitative estimate of drug-likeness (QED) is 0.856. The number of nitrogens with zero attached hydrogens (tertiary/aromatic N) is 1. The molecular formula is C17H18ClN3O2S. The molecule has 1 aliphatic carbocycles. The normalized spacial score (nSPS) is 19.6. The van der Waals surface area contributed by atoms with Crippen molar-refractivity contribution in [3.05, 3.63) is 34.5 Å². The minimum atomic E-state index is -0.276. The van der Waals surface area contributed by atoms with E-state index in [0.29, 0.717) is 16.5 Å². The van der Waals surface area contributed by atoms with E-state index in [0.717, 1.165) is 42.1 Å². The number of aryl methyl sites for hydroxylation is 1. The van der Waals surface area contributed by atoms with Crippen LogP contribution in [0, 0.1) is 6.92 Å². The highest BCUT2D eigenvalue weighted by Crippen LogP contribution is 2.47. The number of hydrogen-bond acceptors (Lipinski definition) is 3. The van der Waals surface area contributed by atoms with E-state index < -0.39 is 0 Å². The molecule has 1 saturated carbocycles. The fourth-order valence-corrected chi connectivity index (χ4v) is 5.24. The first kappa shape index (κ1) is 15.8. The minimum absolute atomic E-state index is 0.0212. The topological polar surface area (TPSA) is 65.2 Å². The second kappa shape index (κ2) is 5.70. The Morgan fingerprint density at radius 2 is 2.12 bits per heavy atom. The first-order chi connectivity index (χ1) is 11.5. The highest BCUT2D eigenvalue weighted by atomic mass is 35.5. The van der Waals surface area contributed by atoms with Crippen LogP contribution < -0.4 is 5.43 Å². The van der Waals surface area contributed by atoms with E-state index in [1.54, 1.807) is 22.8 Å². The molecule has 1 spiro atoms. The predicted molar refractivity (Wildman–Crippen MR) is 96.0 cm³/mol. The molecule has 1 aromatic carbocycles. The lowest BCUT2D eigenvalue weighted by molar-refractivity contribution is -0.132. The molecule has 0 bridgehead atoms. The van der Waals surface area contributed by atoms with Gasteiger partial charge in [0.15, 0.2) is 0 Å². The summed E-state index contributed by atoms with van der Waals surface area (Å²) in [6.07, 6.45) is 4.06. The molecule has 24 heavy (non-hydrogen) atoms. The number of hydrogen-bond donors (Lipinski definition) is 2. The summed E-state index contributed by atoms with van der Waals surface area (Å²) >= 11 is 7.70. The van der Waals surface area contributed by atoms with E-state index in [2.05, 4.69) is 10.4 Å². The van der Waals surface area contributed by atoms with Gasteiger partial charge >= 0.3 is 0 Å². The molecule has 2 aliphatic rings. The van der Waals surface area contributed by atoms with E-state index in [1.165, 1.54) is 0 Å². The molecule has 1 aliphatic heterocycles. The molecule has 0 radical (unpaired) electrons. The Balaban J connectivity index is 1.64. The Hall–Kier alpha value is -1.66. The van der Waals surface area contributed by atoms with Gasteiger partial charge in [-0.2, -0.15) is 0 Å². The van der Waals surface area contributed by atoms with Gasteiger partial charge in [-0.25, -0.2) is 5.01 Å². The van der Waals surface area contributed by atoms with Crippen molar-refractivity contribution in [3.63, 3.8) is 0 Å². The van der Waals surface area contributed by atoms with Crippen LogP contribution in [0.3, 0.4) is 0 Å². The monoisotopic (exact) mass is 363 g/mol. The smallest absolute Gasteiger partial charge is 0.286 e.